The van der Waals surface area contributed by atoms with Gasteiger partial charge in [-0.15, -0.1) is 23.1 Å². The Morgan fingerprint density at radius 2 is 2.12 bits per heavy atom. The van der Waals surface area contributed by atoms with Crippen LogP contribution in [0.25, 0.3) is 10.2 Å². The molecule has 1 aliphatic carbocycles. The van der Waals surface area contributed by atoms with Gasteiger partial charge < -0.3 is 15.4 Å². The lowest BCUT2D eigenvalue weighted by Gasteiger charge is -2.12. The molecule has 0 fully saturated rings. The fourth-order valence-corrected chi connectivity index (χ4v) is 5.15. The van der Waals surface area contributed by atoms with E-state index < -0.39 is 11.5 Å². The number of anilines is 1. The van der Waals surface area contributed by atoms with Gasteiger partial charge >= 0.3 is 0 Å². The Balaban J connectivity index is 1.78. The van der Waals surface area contributed by atoms with Crippen molar-refractivity contribution in [3.05, 3.63) is 50.6 Å². The summed E-state index contributed by atoms with van der Waals surface area (Å²) in [6.07, 6.45) is 5.94. The second-order valence-electron chi connectivity index (χ2n) is 6.28. The standard InChI is InChI=1S/C19H18N2O3S2/c1-25-11-6-4-5-10(9-11)20-17(23)15-16(22)14-12-7-2-3-8-13(12)26-19(14)21-18(15)24/h4-6,9H,2-3,7-8H2,1H3,(H,20,23)(H2,21,22,24). The maximum Gasteiger partial charge on any atom is 0.265 e. The van der Waals surface area contributed by atoms with Crippen LogP contribution in [0.1, 0.15) is 33.6 Å². The molecule has 0 unspecified atom stereocenters. The van der Waals surface area contributed by atoms with Crippen LogP contribution in [0.15, 0.2) is 34.0 Å². The van der Waals surface area contributed by atoms with Gasteiger partial charge in [0.25, 0.3) is 11.5 Å². The third kappa shape index (κ3) is 2.91. The molecule has 3 N–H and O–H groups in total. The average molecular weight is 386 g/mol. The van der Waals surface area contributed by atoms with Crippen LogP contribution in [0, 0.1) is 0 Å². The highest BCUT2D eigenvalue weighted by atomic mass is 32.2. The van der Waals surface area contributed by atoms with E-state index in [4.69, 9.17) is 0 Å². The highest BCUT2D eigenvalue weighted by molar-refractivity contribution is 7.98. The number of carbonyl (C=O) groups is 1. The summed E-state index contributed by atoms with van der Waals surface area (Å²) in [7, 11) is 0. The van der Waals surface area contributed by atoms with E-state index in [1.807, 2.05) is 24.5 Å². The zero-order chi connectivity index (χ0) is 18.3. The molecule has 134 valence electrons. The van der Waals surface area contributed by atoms with Gasteiger partial charge in [0.15, 0.2) is 0 Å². The molecule has 0 atom stereocenters. The fraction of sp³-hybridized carbons (Fsp3) is 0.263. The number of hydrogen-bond donors (Lipinski definition) is 3. The number of aromatic nitrogens is 1. The molecule has 0 aliphatic heterocycles. The summed E-state index contributed by atoms with van der Waals surface area (Å²) in [6.45, 7) is 0. The van der Waals surface area contributed by atoms with E-state index in [-0.39, 0.29) is 11.3 Å². The first-order valence-corrected chi connectivity index (χ1v) is 10.5. The van der Waals surface area contributed by atoms with Crippen molar-refractivity contribution in [3.63, 3.8) is 0 Å². The topological polar surface area (TPSA) is 82.2 Å². The summed E-state index contributed by atoms with van der Waals surface area (Å²) in [4.78, 5) is 30.8. The number of aromatic amines is 1. The smallest absolute Gasteiger partial charge is 0.265 e. The van der Waals surface area contributed by atoms with Crippen molar-refractivity contribution in [1.29, 1.82) is 0 Å². The highest BCUT2D eigenvalue weighted by Gasteiger charge is 2.25. The second kappa shape index (κ2) is 6.81. The summed E-state index contributed by atoms with van der Waals surface area (Å²) in [5.41, 5.74) is 0.877. The van der Waals surface area contributed by atoms with Crippen LogP contribution in [0.4, 0.5) is 5.69 Å². The number of H-pyrrole nitrogens is 1. The number of aromatic hydroxyl groups is 1. The Hall–Kier alpha value is -2.25. The molecule has 1 amide bonds. The third-order valence-corrected chi connectivity index (χ3v) is 6.59. The molecule has 0 bridgehead atoms. The van der Waals surface area contributed by atoms with Gasteiger partial charge in [-0.1, -0.05) is 6.07 Å². The predicted molar refractivity (Wildman–Crippen MR) is 107 cm³/mol. The molecule has 7 heteroatoms. The molecule has 2 heterocycles. The van der Waals surface area contributed by atoms with Crippen molar-refractivity contribution in [2.45, 2.75) is 30.6 Å². The minimum atomic E-state index is -0.598. The number of benzene rings is 1. The van der Waals surface area contributed by atoms with Crippen LogP contribution >= 0.6 is 23.1 Å². The lowest BCUT2D eigenvalue weighted by atomic mass is 9.96. The van der Waals surface area contributed by atoms with Crippen LogP contribution < -0.4 is 10.9 Å². The Kier molecular flexibility index (Phi) is 4.50. The quantitative estimate of drug-likeness (QED) is 0.591. The van der Waals surface area contributed by atoms with Crippen molar-refractivity contribution in [3.8, 4) is 5.75 Å². The van der Waals surface area contributed by atoms with E-state index in [2.05, 4.69) is 10.3 Å². The molecular formula is C19H18N2O3S2. The lowest BCUT2D eigenvalue weighted by molar-refractivity contribution is 0.102. The minimum absolute atomic E-state index is 0.207. The zero-order valence-corrected chi connectivity index (χ0v) is 15.9. The molecule has 26 heavy (non-hydrogen) atoms. The molecule has 0 radical (unpaired) electrons. The Morgan fingerprint density at radius 3 is 2.92 bits per heavy atom. The number of hydrogen-bond acceptors (Lipinski definition) is 5. The SMILES string of the molecule is CSc1cccc(NC(=O)c2c(O)c3c4c(sc3[nH]c2=O)CCCC4)c1. The summed E-state index contributed by atoms with van der Waals surface area (Å²) in [5, 5.41) is 14.1. The molecule has 4 rings (SSSR count). The first-order chi connectivity index (χ1) is 12.6. The Bertz CT molecular complexity index is 1070. The molecule has 0 saturated heterocycles. The minimum Gasteiger partial charge on any atom is -0.506 e. The van der Waals surface area contributed by atoms with Crippen molar-refractivity contribution in [2.75, 3.05) is 11.6 Å². The normalized spacial score (nSPS) is 13.6. The molecule has 1 aromatic carbocycles. The van der Waals surface area contributed by atoms with Gasteiger partial charge in [0.2, 0.25) is 0 Å². The first-order valence-electron chi connectivity index (χ1n) is 8.43. The number of carbonyl (C=O) groups excluding carboxylic acids is 1. The zero-order valence-electron chi connectivity index (χ0n) is 14.2. The second-order valence-corrected chi connectivity index (χ2v) is 8.26. The molecule has 1 aliphatic rings. The van der Waals surface area contributed by atoms with Gasteiger partial charge in [0, 0.05) is 15.5 Å². The average Bonchev–Trinajstić information content (AvgIpc) is 3.00. The van der Waals surface area contributed by atoms with Crippen LogP contribution in [0.2, 0.25) is 0 Å². The summed E-state index contributed by atoms with van der Waals surface area (Å²) in [5.74, 6) is -0.804. The van der Waals surface area contributed by atoms with E-state index in [1.165, 1.54) is 16.2 Å². The van der Waals surface area contributed by atoms with E-state index in [0.29, 0.717) is 15.9 Å². The molecule has 3 aromatic rings. The summed E-state index contributed by atoms with van der Waals surface area (Å²) < 4.78 is 0. The Labute approximate surface area is 158 Å². The van der Waals surface area contributed by atoms with Crippen molar-refractivity contribution >= 4 is 44.9 Å². The Morgan fingerprint density at radius 1 is 1.31 bits per heavy atom. The van der Waals surface area contributed by atoms with Gasteiger partial charge in [-0.05, 0) is 55.7 Å². The molecule has 0 saturated carbocycles. The van der Waals surface area contributed by atoms with Crippen LogP contribution in [-0.4, -0.2) is 22.3 Å². The van der Waals surface area contributed by atoms with E-state index in [1.54, 1.807) is 17.8 Å². The maximum absolute atomic E-state index is 12.7. The molecule has 0 spiro atoms. The lowest BCUT2D eigenvalue weighted by Crippen LogP contribution is -2.23. The highest BCUT2D eigenvalue weighted by Crippen LogP contribution is 2.40. The number of rotatable bonds is 3. The predicted octanol–water partition coefficient (Wildman–Crippen LogP) is 4.15. The first kappa shape index (κ1) is 17.2. The van der Waals surface area contributed by atoms with Gasteiger partial charge in [-0.3, -0.25) is 9.59 Å². The number of nitrogens with one attached hydrogen (secondary N) is 2. The van der Waals surface area contributed by atoms with Gasteiger partial charge in [-0.2, -0.15) is 0 Å². The fourth-order valence-electron chi connectivity index (χ4n) is 3.41. The number of pyridine rings is 1. The number of thiophene rings is 1. The van der Waals surface area contributed by atoms with Crippen molar-refractivity contribution in [2.24, 2.45) is 0 Å². The number of thioether (sulfide) groups is 1. The van der Waals surface area contributed by atoms with E-state index >= 15 is 0 Å². The van der Waals surface area contributed by atoms with Crippen LogP contribution in [-0.2, 0) is 12.8 Å². The molecule has 2 aromatic heterocycles. The van der Waals surface area contributed by atoms with Crippen LogP contribution in [0.3, 0.4) is 0 Å². The maximum atomic E-state index is 12.7. The van der Waals surface area contributed by atoms with Gasteiger partial charge in [-0.25, -0.2) is 0 Å². The number of amides is 1. The van der Waals surface area contributed by atoms with Gasteiger partial charge in [0.05, 0.1) is 5.39 Å². The van der Waals surface area contributed by atoms with Gasteiger partial charge in [0.1, 0.15) is 16.1 Å². The number of fused-ring (bicyclic) bond motifs is 3. The van der Waals surface area contributed by atoms with Crippen molar-refractivity contribution < 1.29 is 9.90 Å². The third-order valence-electron chi connectivity index (χ3n) is 4.65. The van der Waals surface area contributed by atoms with Crippen molar-refractivity contribution in [1.82, 2.24) is 4.98 Å². The summed E-state index contributed by atoms with van der Waals surface area (Å²) in [6, 6.07) is 7.37. The molecule has 5 nitrogen and oxygen atoms in total. The monoisotopic (exact) mass is 386 g/mol. The summed E-state index contributed by atoms with van der Waals surface area (Å²) >= 11 is 3.07. The number of aryl methyl sites for hydroxylation is 2. The van der Waals surface area contributed by atoms with E-state index in [0.717, 1.165) is 36.1 Å². The molecular weight excluding hydrogens is 368 g/mol. The van der Waals surface area contributed by atoms with E-state index in [9.17, 15) is 14.7 Å². The van der Waals surface area contributed by atoms with Crippen LogP contribution in [0.5, 0.6) is 5.75 Å². The largest absolute Gasteiger partial charge is 0.506 e.